The lowest BCUT2D eigenvalue weighted by atomic mass is 9.91. The maximum absolute atomic E-state index is 12.7. The van der Waals surface area contributed by atoms with E-state index in [9.17, 15) is 9.59 Å². The number of amides is 1. The van der Waals surface area contributed by atoms with Crippen molar-refractivity contribution in [3.05, 3.63) is 32.8 Å². The Labute approximate surface area is 173 Å². The van der Waals surface area contributed by atoms with Crippen molar-refractivity contribution in [3.8, 4) is 0 Å². The van der Waals surface area contributed by atoms with Crippen LogP contribution in [0.5, 0.6) is 0 Å². The number of benzene rings is 1. The molecule has 0 bridgehead atoms. The number of carbonyl (C=O) groups is 2. The Morgan fingerprint density at radius 2 is 1.96 bits per heavy atom. The van der Waals surface area contributed by atoms with E-state index in [0.29, 0.717) is 19.4 Å². The van der Waals surface area contributed by atoms with Crippen molar-refractivity contribution in [2.24, 2.45) is 0 Å². The predicted molar refractivity (Wildman–Crippen MR) is 111 cm³/mol. The van der Waals surface area contributed by atoms with E-state index in [1.54, 1.807) is 18.7 Å². The van der Waals surface area contributed by atoms with Crippen LogP contribution in [0.15, 0.2) is 27.3 Å². The van der Waals surface area contributed by atoms with E-state index < -0.39 is 5.54 Å². The first-order valence-electron chi connectivity index (χ1n) is 8.46. The van der Waals surface area contributed by atoms with Crippen molar-refractivity contribution in [1.29, 1.82) is 0 Å². The fourth-order valence-electron chi connectivity index (χ4n) is 3.17. The molecule has 0 spiro atoms. The lowest BCUT2D eigenvalue weighted by Crippen LogP contribution is -2.57. The van der Waals surface area contributed by atoms with Gasteiger partial charge in [-0.2, -0.15) is 11.8 Å². The Morgan fingerprint density at radius 3 is 2.65 bits per heavy atom. The summed E-state index contributed by atoms with van der Waals surface area (Å²) < 4.78 is 7.12. The van der Waals surface area contributed by atoms with Crippen molar-refractivity contribution in [3.63, 3.8) is 0 Å². The Morgan fingerprint density at radius 1 is 1.27 bits per heavy atom. The topological polar surface area (TPSA) is 71.2 Å². The van der Waals surface area contributed by atoms with Crippen LogP contribution in [0.1, 0.15) is 25.3 Å². The van der Waals surface area contributed by atoms with E-state index >= 15 is 0 Å². The molecule has 0 unspecified atom stereocenters. The third-order valence-corrected chi connectivity index (χ3v) is 7.38. The SMILES string of the molecule is CCOC(=O)C1(NC(=O)Cc2c[nH]c3cc(Br)c(Br)cc23)CCSCC1. The van der Waals surface area contributed by atoms with Gasteiger partial charge in [-0.05, 0) is 80.8 Å². The molecule has 8 heteroatoms. The Hall–Kier alpha value is -0.990. The Balaban J connectivity index is 1.78. The van der Waals surface area contributed by atoms with Gasteiger partial charge in [0, 0.05) is 26.0 Å². The number of ether oxygens (including phenoxy) is 1. The number of hydrogen-bond donors (Lipinski definition) is 2. The van der Waals surface area contributed by atoms with Crippen LogP contribution in [0.25, 0.3) is 10.9 Å². The normalized spacial score (nSPS) is 16.4. The molecule has 1 amide bonds. The van der Waals surface area contributed by atoms with Crippen molar-refractivity contribution in [1.82, 2.24) is 10.3 Å². The van der Waals surface area contributed by atoms with Gasteiger partial charge in [0.1, 0.15) is 5.54 Å². The molecule has 2 heterocycles. The molecule has 2 aromatic rings. The molecule has 26 heavy (non-hydrogen) atoms. The number of hydrogen-bond acceptors (Lipinski definition) is 4. The van der Waals surface area contributed by atoms with Crippen LogP contribution in [0.3, 0.4) is 0 Å². The molecule has 0 saturated carbocycles. The summed E-state index contributed by atoms with van der Waals surface area (Å²) in [5.41, 5.74) is 0.959. The summed E-state index contributed by atoms with van der Waals surface area (Å²) in [4.78, 5) is 28.4. The minimum absolute atomic E-state index is 0.162. The number of halogens is 2. The summed E-state index contributed by atoms with van der Waals surface area (Å²) in [6, 6.07) is 3.95. The molecule has 3 rings (SSSR count). The van der Waals surface area contributed by atoms with E-state index in [2.05, 4.69) is 42.2 Å². The number of carbonyl (C=O) groups excluding carboxylic acids is 2. The maximum atomic E-state index is 12.7. The smallest absolute Gasteiger partial charge is 0.331 e. The van der Waals surface area contributed by atoms with Gasteiger partial charge in [-0.1, -0.05) is 0 Å². The number of aromatic amines is 1. The molecular formula is C18H20Br2N2O3S. The van der Waals surface area contributed by atoms with E-state index in [0.717, 1.165) is 36.9 Å². The summed E-state index contributed by atoms with van der Waals surface area (Å²) in [5.74, 6) is 1.20. The molecule has 0 aliphatic carbocycles. The summed E-state index contributed by atoms with van der Waals surface area (Å²) in [6.07, 6.45) is 3.27. The highest BCUT2D eigenvalue weighted by molar-refractivity contribution is 9.13. The van der Waals surface area contributed by atoms with Gasteiger partial charge in [0.2, 0.25) is 5.91 Å². The van der Waals surface area contributed by atoms with Gasteiger partial charge in [0.25, 0.3) is 0 Å². The average molecular weight is 504 g/mol. The monoisotopic (exact) mass is 502 g/mol. The first kappa shape index (κ1) is 19.8. The zero-order chi connectivity index (χ0) is 18.7. The zero-order valence-electron chi connectivity index (χ0n) is 14.4. The molecule has 0 atom stereocenters. The van der Waals surface area contributed by atoms with Crippen molar-refractivity contribution in [2.75, 3.05) is 18.1 Å². The number of thioether (sulfide) groups is 1. The van der Waals surface area contributed by atoms with Crippen LogP contribution in [-0.4, -0.2) is 40.5 Å². The number of nitrogens with one attached hydrogen (secondary N) is 2. The Bertz CT molecular complexity index is 831. The van der Waals surface area contributed by atoms with E-state index in [1.165, 1.54) is 0 Å². The summed E-state index contributed by atoms with van der Waals surface area (Å²) >= 11 is 8.78. The number of rotatable bonds is 5. The number of esters is 1. The lowest BCUT2D eigenvalue weighted by molar-refractivity contribution is -0.153. The van der Waals surface area contributed by atoms with Crippen LogP contribution in [0, 0.1) is 0 Å². The fourth-order valence-corrected chi connectivity index (χ4v) is 5.05. The number of aromatic nitrogens is 1. The molecule has 140 valence electrons. The summed E-state index contributed by atoms with van der Waals surface area (Å²) in [5, 5.41) is 3.97. The zero-order valence-corrected chi connectivity index (χ0v) is 18.4. The van der Waals surface area contributed by atoms with Gasteiger partial charge in [-0.15, -0.1) is 0 Å². The second-order valence-corrected chi connectivity index (χ2v) is 9.20. The molecule has 1 saturated heterocycles. The molecule has 1 aliphatic rings. The number of fused-ring (bicyclic) bond motifs is 1. The number of H-pyrrole nitrogens is 1. The van der Waals surface area contributed by atoms with Crippen LogP contribution in [-0.2, 0) is 20.7 Å². The van der Waals surface area contributed by atoms with Gasteiger partial charge < -0.3 is 15.0 Å². The molecule has 2 N–H and O–H groups in total. The quantitative estimate of drug-likeness (QED) is 0.600. The molecule has 5 nitrogen and oxygen atoms in total. The van der Waals surface area contributed by atoms with Crippen LogP contribution in [0.4, 0.5) is 0 Å². The lowest BCUT2D eigenvalue weighted by Gasteiger charge is -2.35. The highest BCUT2D eigenvalue weighted by Crippen LogP contribution is 2.31. The van der Waals surface area contributed by atoms with Gasteiger partial charge in [0.15, 0.2) is 0 Å². The van der Waals surface area contributed by atoms with Crippen LogP contribution < -0.4 is 5.32 Å². The second-order valence-electron chi connectivity index (χ2n) is 6.27. The molecule has 1 aliphatic heterocycles. The van der Waals surface area contributed by atoms with Crippen molar-refractivity contribution < 1.29 is 14.3 Å². The van der Waals surface area contributed by atoms with E-state index in [-0.39, 0.29) is 18.3 Å². The fraction of sp³-hybridized carbons (Fsp3) is 0.444. The molecule has 0 radical (unpaired) electrons. The molecular weight excluding hydrogens is 484 g/mol. The molecule has 1 aromatic heterocycles. The van der Waals surface area contributed by atoms with Gasteiger partial charge >= 0.3 is 5.97 Å². The average Bonchev–Trinajstić information content (AvgIpc) is 2.98. The maximum Gasteiger partial charge on any atom is 0.331 e. The first-order chi connectivity index (χ1) is 12.4. The van der Waals surface area contributed by atoms with Crippen LogP contribution in [0.2, 0.25) is 0 Å². The summed E-state index contributed by atoms with van der Waals surface area (Å²) in [6.45, 7) is 2.10. The van der Waals surface area contributed by atoms with Gasteiger partial charge in [0.05, 0.1) is 13.0 Å². The molecule has 1 fully saturated rings. The Kier molecular flexibility index (Phi) is 6.35. The molecule has 1 aromatic carbocycles. The minimum atomic E-state index is -0.895. The highest BCUT2D eigenvalue weighted by Gasteiger charge is 2.42. The third kappa shape index (κ3) is 4.12. The van der Waals surface area contributed by atoms with E-state index in [4.69, 9.17) is 4.74 Å². The van der Waals surface area contributed by atoms with Gasteiger partial charge in [-0.3, -0.25) is 4.79 Å². The standard InChI is InChI=1S/C18H20Br2N2O3S/c1-2-25-17(24)18(3-5-26-6-4-18)22-16(23)7-11-10-21-15-9-14(20)13(19)8-12(11)15/h8-10,21H,2-7H2,1H3,(H,22,23). The van der Waals surface area contributed by atoms with Gasteiger partial charge in [-0.25, -0.2) is 4.79 Å². The highest BCUT2D eigenvalue weighted by atomic mass is 79.9. The van der Waals surface area contributed by atoms with E-state index in [1.807, 2.05) is 18.3 Å². The largest absolute Gasteiger partial charge is 0.464 e. The van der Waals surface area contributed by atoms with Crippen LogP contribution >= 0.6 is 43.6 Å². The first-order valence-corrected chi connectivity index (χ1v) is 11.2. The third-order valence-electron chi connectivity index (χ3n) is 4.55. The predicted octanol–water partition coefficient (Wildman–Crippen LogP) is 4.18. The van der Waals surface area contributed by atoms with Crippen molar-refractivity contribution >= 4 is 66.4 Å². The summed E-state index contributed by atoms with van der Waals surface area (Å²) in [7, 11) is 0. The second kappa shape index (κ2) is 8.35. The minimum Gasteiger partial charge on any atom is -0.464 e. The van der Waals surface area contributed by atoms with Crippen molar-refractivity contribution in [2.45, 2.75) is 31.7 Å².